The fourth-order valence-corrected chi connectivity index (χ4v) is 2.73. The molecule has 1 amide bonds. The number of aliphatic hydroxyl groups excluding tert-OH is 1. The van der Waals surface area contributed by atoms with E-state index in [1.807, 2.05) is 0 Å². The van der Waals surface area contributed by atoms with Gasteiger partial charge in [0, 0.05) is 6.42 Å². The Labute approximate surface area is 164 Å². The molecular weight excluding hydrogens is 342 g/mol. The third-order valence-electron chi connectivity index (χ3n) is 4.42. The van der Waals surface area contributed by atoms with Gasteiger partial charge in [0.15, 0.2) is 6.04 Å². The molecule has 0 aromatic heterocycles. The molecule has 0 radical (unpaired) electrons. The number of aliphatic carboxylic acids is 1. The van der Waals surface area contributed by atoms with Crippen molar-refractivity contribution in [2.24, 2.45) is 0 Å². The second kappa shape index (κ2) is 17.8. The Bertz CT molecular complexity index is 444. The molecule has 0 fully saturated rings. The Kier molecular flexibility index (Phi) is 16.7. The molecule has 0 aliphatic rings. The Hall–Kier alpha value is -1.62. The third kappa shape index (κ3) is 16.3. The van der Waals surface area contributed by atoms with Crippen molar-refractivity contribution >= 4 is 11.9 Å². The van der Waals surface area contributed by atoms with Crippen LogP contribution in [0.3, 0.4) is 0 Å². The fraction of sp³-hybridized carbons (Fsp3) is 0.727. The van der Waals surface area contributed by atoms with Crippen molar-refractivity contribution in [1.82, 2.24) is 5.32 Å². The Balaban J connectivity index is 3.52. The summed E-state index contributed by atoms with van der Waals surface area (Å²) in [4.78, 5) is 22.6. The predicted octanol–water partition coefficient (Wildman–Crippen LogP) is 4.75. The van der Waals surface area contributed by atoms with E-state index in [0.29, 0.717) is 6.42 Å². The molecular formula is C22H39NO4. The first-order chi connectivity index (χ1) is 13.0. The van der Waals surface area contributed by atoms with Crippen LogP contribution in [0.5, 0.6) is 0 Å². The molecule has 0 aromatic carbocycles. The van der Waals surface area contributed by atoms with Crippen molar-refractivity contribution in [2.45, 2.75) is 103 Å². The van der Waals surface area contributed by atoms with Crippen molar-refractivity contribution in [3.05, 3.63) is 24.3 Å². The van der Waals surface area contributed by atoms with Crippen LogP contribution in [0.15, 0.2) is 24.3 Å². The molecule has 0 rings (SSSR count). The lowest BCUT2D eigenvalue weighted by molar-refractivity contribution is -0.144. The topological polar surface area (TPSA) is 86.6 Å². The number of hydrogen-bond acceptors (Lipinski definition) is 3. The normalized spacial score (nSPS) is 13.9. The lowest BCUT2D eigenvalue weighted by atomic mass is 10.1. The average Bonchev–Trinajstić information content (AvgIpc) is 2.62. The van der Waals surface area contributed by atoms with E-state index in [-0.39, 0.29) is 5.91 Å². The van der Waals surface area contributed by atoms with Crippen molar-refractivity contribution in [3.63, 3.8) is 0 Å². The highest BCUT2D eigenvalue weighted by molar-refractivity contribution is 5.83. The highest BCUT2D eigenvalue weighted by Gasteiger charge is 2.24. The second-order valence-electron chi connectivity index (χ2n) is 7.10. The summed E-state index contributed by atoms with van der Waals surface area (Å²) in [5.41, 5.74) is 0. The Morgan fingerprint density at radius 1 is 0.889 bits per heavy atom. The summed E-state index contributed by atoms with van der Waals surface area (Å²) in [7, 11) is 0. The van der Waals surface area contributed by atoms with Gasteiger partial charge in [-0.3, -0.25) is 4.79 Å². The molecule has 0 heterocycles. The minimum absolute atomic E-state index is 0.307. The number of nitrogens with one attached hydrogen (secondary N) is 1. The van der Waals surface area contributed by atoms with Gasteiger partial charge in [-0.05, 0) is 45.4 Å². The number of carbonyl (C=O) groups is 2. The van der Waals surface area contributed by atoms with Gasteiger partial charge in [0.1, 0.15) is 0 Å². The maximum Gasteiger partial charge on any atom is 0.328 e. The van der Waals surface area contributed by atoms with Crippen molar-refractivity contribution in [1.29, 1.82) is 0 Å². The number of amides is 1. The van der Waals surface area contributed by atoms with E-state index in [1.165, 1.54) is 32.6 Å². The summed E-state index contributed by atoms with van der Waals surface area (Å²) in [5.74, 6) is -1.52. The number of aliphatic hydroxyl groups is 1. The van der Waals surface area contributed by atoms with Crippen LogP contribution in [0, 0.1) is 0 Å². The van der Waals surface area contributed by atoms with Gasteiger partial charge in [-0.1, -0.05) is 63.3 Å². The predicted molar refractivity (Wildman–Crippen MR) is 111 cm³/mol. The summed E-state index contributed by atoms with van der Waals surface area (Å²) < 4.78 is 0. The third-order valence-corrected chi connectivity index (χ3v) is 4.42. The van der Waals surface area contributed by atoms with Crippen LogP contribution in [0.25, 0.3) is 0 Å². The molecule has 2 unspecified atom stereocenters. The molecule has 27 heavy (non-hydrogen) atoms. The van der Waals surface area contributed by atoms with Gasteiger partial charge >= 0.3 is 5.97 Å². The van der Waals surface area contributed by atoms with Crippen LogP contribution in [0.1, 0.15) is 90.9 Å². The molecule has 5 nitrogen and oxygen atoms in total. The first-order valence-electron chi connectivity index (χ1n) is 10.5. The quantitative estimate of drug-likeness (QED) is 0.251. The van der Waals surface area contributed by atoms with E-state index in [2.05, 4.69) is 36.5 Å². The van der Waals surface area contributed by atoms with Gasteiger partial charge in [-0.15, -0.1) is 0 Å². The van der Waals surface area contributed by atoms with Crippen LogP contribution in [0.2, 0.25) is 0 Å². The summed E-state index contributed by atoms with van der Waals surface area (Å²) in [6.07, 6.45) is 20.5. The van der Waals surface area contributed by atoms with Crippen molar-refractivity contribution in [3.8, 4) is 0 Å². The molecule has 3 N–H and O–H groups in total. The highest BCUT2D eigenvalue weighted by atomic mass is 16.4. The highest BCUT2D eigenvalue weighted by Crippen LogP contribution is 2.08. The Morgan fingerprint density at radius 3 is 2.00 bits per heavy atom. The monoisotopic (exact) mass is 381 g/mol. The molecule has 2 atom stereocenters. The summed E-state index contributed by atoms with van der Waals surface area (Å²) in [6, 6.07) is -1.23. The number of carboxylic acids is 1. The maximum atomic E-state index is 11.7. The van der Waals surface area contributed by atoms with E-state index in [4.69, 9.17) is 5.11 Å². The van der Waals surface area contributed by atoms with E-state index < -0.39 is 18.1 Å². The van der Waals surface area contributed by atoms with Gasteiger partial charge in [0.2, 0.25) is 5.91 Å². The van der Waals surface area contributed by atoms with Gasteiger partial charge in [-0.2, -0.15) is 0 Å². The summed E-state index contributed by atoms with van der Waals surface area (Å²) >= 11 is 0. The minimum atomic E-state index is -1.23. The molecule has 5 heteroatoms. The van der Waals surface area contributed by atoms with Crippen LogP contribution in [-0.2, 0) is 9.59 Å². The molecule has 0 saturated heterocycles. The zero-order valence-corrected chi connectivity index (χ0v) is 17.2. The van der Waals surface area contributed by atoms with E-state index in [0.717, 1.165) is 44.9 Å². The average molecular weight is 382 g/mol. The first kappa shape index (κ1) is 25.4. The second-order valence-corrected chi connectivity index (χ2v) is 7.10. The number of carboxylic acid groups (broad SMARTS) is 1. The molecule has 0 bridgehead atoms. The summed E-state index contributed by atoms with van der Waals surface area (Å²) in [5, 5.41) is 20.6. The molecule has 0 aromatic rings. The van der Waals surface area contributed by atoms with Crippen LogP contribution >= 0.6 is 0 Å². The van der Waals surface area contributed by atoms with Gasteiger partial charge in [0.05, 0.1) is 6.10 Å². The molecule has 0 spiro atoms. The lowest BCUT2D eigenvalue weighted by Crippen LogP contribution is -2.47. The fourth-order valence-electron chi connectivity index (χ4n) is 2.73. The zero-order chi connectivity index (χ0) is 20.3. The molecule has 0 saturated carbocycles. The molecule has 156 valence electrons. The molecule has 0 aliphatic heterocycles. The Morgan fingerprint density at radius 2 is 1.44 bits per heavy atom. The number of allylic oxidation sites excluding steroid dienone is 4. The molecule has 0 aliphatic carbocycles. The lowest BCUT2D eigenvalue weighted by Gasteiger charge is -2.16. The largest absolute Gasteiger partial charge is 0.480 e. The van der Waals surface area contributed by atoms with Crippen molar-refractivity contribution in [2.75, 3.05) is 0 Å². The number of carbonyl (C=O) groups excluding carboxylic acids is 1. The van der Waals surface area contributed by atoms with Crippen molar-refractivity contribution < 1.29 is 19.8 Å². The van der Waals surface area contributed by atoms with Gasteiger partial charge in [0.25, 0.3) is 0 Å². The van der Waals surface area contributed by atoms with E-state index in [1.54, 1.807) is 0 Å². The number of rotatable bonds is 17. The van der Waals surface area contributed by atoms with Crippen LogP contribution < -0.4 is 5.32 Å². The van der Waals surface area contributed by atoms with Gasteiger partial charge < -0.3 is 15.5 Å². The van der Waals surface area contributed by atoms with E-state index in [9.17, 15) is 14.7 Å². The zero-order valence-electron chi connectivity index (χ0n) is 17.2. The number of unbranched alkanes of at least 4 members (excludes halogenated alkanes) is 8. The minimum Gasteiger partial charge on any atom is -0.480 e. The maximum absolute atomic E-state index is 11.7. The standard InChI is InChI=1S/C22H39NO4/c1-3-4-5-6-7-8-9-10-11-12-13-14-15-16-17-18-20(25)23-21(19(2)24)22(26)27/h7-8,10-11,19,21,24H,3-6,9,12-18H2,1-2H3,(H,23,25)(H,26,27)/b8-7-,11-10-. The van der Waals surface area contributed by atoms with Crippen LogP contribution in [0.4, 0.5) is 0 Å². The van der Waals surface area contributed by atoms with Gasteiger partial charge in [-0.25, -0.2) is 4.79 Å². The van der Waals surface area contributed by atoms with E-state index >= 15 is 0 Å². The first-order valence-corrected chi connectivity index (χ1v) is 10.5. The smallest absolute Gasteiger partial charge is 0.328 e. The number of hydrogen-bond donors (Lipinski definition) is 3. The van der Waals surface area contributed by atoms with Crippen LogP contribution in [-0.4, -0.2) is 34.2 Å². The SMILES string of the molecule is CCCCC/C=C\C/C=C\CCCCCCCC(=O)NC(C(=O)O)C(C)O. The summed E-state index contributed by atoms with van der Waals surface area (Å²) in [6.45, 7) is 3.58.